The summed E-state index contributed by atoms with van der Waals surface area (Å²) in [6.45, 7) is 2.67. The zero-order chi connectivity index (χ0) is 20.4. The van der Waals surface area contributed by atoms with Crippen molar-refractivity contribution in [1.29, 1.82) is 0 Å². The SMILES string of the molecule is CCOC(=O)[C@@]1(Cc2ccccc2F)CCCN(C(=O)c2cc(C3CC3)on2)C1. The van der Waals surface area contributed by atoms with E-state index in [1.165, 1.54) is 6.07 Å². The van der Waals surface area contributed by atoms with Crippen LogP contribution in [0.4, 0.5) is 4.39 Å². The van der Waals surface area contributed by atoms with Crippen molar-refractivity contribution in [2.24, 2.45) is 5.41 Å². The van der Waals surface area contributed by atoms with Gasteiger partial charge in [-0.2, -0.15) is 0 Å². The van der Waals surface area contributed by atoms with E-state index in [0.717, 1.165) is 18.6 Å². The number of carbonyl (C=O) groups excluding carboxylic acids is 2. The maximum absolute atomic E-state index is 14.3. The number of hydrogen-bond acceptors (Lipinski definition) is 5. The van der Waals surface area contributed by atoms with Crippen LogP contribution < -0.4 is 0 Å². The second kappa shape index (κ2) is 7.97. The molecule has 7 heteroatoms. The molecule has 0 bridgehead atoms. The smallest absolute Gasteiger partial charge is 0.314 e. The molecule has 0 radical (unpaired) electrons. The Kier molecular flexibility index (Phi) is 5.39. The molecule has 29 heavy (non-hydrogen) atoms. The van der Waals surface area contributed by atoms with Crippen molar-refractivity contribution >= 4 is 11.9 Å². The Morgan fingerprint density at radius 1 is 1.34 bits per heavy atom. The van der Waals surface area contributed by atoms with Crippen LogP contribution in [0.1, 0.15) is 60.3 Å². The average Bonchev–Trinajstić information content (AvgIpc) is 3.46. The number of hydrogen-bond donors (Lipinski definition) is 0. The zero-order valence-electron chi connectivity index (χ0n) is 16.5. The van der Waals surface area contributed by atoms with E-state index in [2.05, 4.69) is 5.16 Å². The van der Waals surface area contributed by atoms with Crippen molar-refractivity contribution in [3.05, 3.63) is 53.2 Å². The molecule has 1 saturated heterocycles. The highest BCUT2D eigenvalue weighted by atomic mass is 19.1. The number of halogens is 1. The molecular formula is C22H25FN2O4. The van der Waals surface area contributed by atoms with Crippen LogP contribution in [0, 0.1) is 11.2 Å². The van der Waals surface area contributed by atoms with Crippen molar-refractivity contribution in [3.8, 4) is 0 Å². The molecule has 0 unspecified atom stereocenters. The predicted octanol–water partition coefficient (Wildman–Crippen LogP) is 3.72. The van der Waals surface area contributed by atoms with Crippen LogP contribution >= 0.6 is 0 Å². The van der Waals surface area contributed by atoms with Crippen molar-refractivity contribution in [1.82, 2.24) is 10.1 Å². The minimum atomic E-state index is -0.977. The van der Waals surface area contributed by atoms with E-state index in [1.807, 2.05) is 0 Å². The monoisotopic (exact) mass is 400 g/mol. The van der Waals surface area contributed by atoms with Gasteiger partial charge in [-0.1, -0.05) is 23.4 Å². The number of ether oxygens (including phenoxy) is 1. The molecule has 2 heterocycles. The summed E-state index contributed by atoms with van der Waals surface area (Å²) in [5.41, 5.74) is -0.264. The normalized spacial score (nSPS) is 21.8. The van der Waals surface area contributed by atoms with E-state index in [1.54, 1.807) is 36.1 Å². The molecule has 1 aromatic carbocycles. The van der Waals surface area contributed by atoms with Gasteiger partial charge in [0.05, 0.1) is 12.0 Å². The van der Waals surface area contributed by atoms with Gasteiger partial charge in [-0.15, -0.1) is 0 Å². The number of rotatable bonds is 6. The Hall–Kier alpha value is -2.70. The Labute approximate surface area is 169 Å². The Morgan fingerprint density at radius 2 is 2.14 bits per heavy atom. The van der Waals surface area contributed by atoms with E-state index >= 15 is 0 Å². The largest absolute Gasteiger partial charge is 0.466 e. The average molecular weight is 400 g/mol. The van der Waals surface area contributed by atoms with E-state index in [4.69, 9.17) is 9.26 Å². The van der Waals surface area contributed by atoms with Crippen LogP contribution in [-0.4, -0.2) is 41.6 Å². The number of piperidine rings is 1. The highest BCUT2D eigenvalue weighted by molar-refractivity contribution is 5.93. The molecule has 2 aromatic rings. The highest BCUT2D eigenvalue weighted by Crippen LogP contribution is 2.41. The highest BCUT2D eigenvalue weighted by Gasteiger charge is 2.45. The van der Waals surface area contributed by atoms with Gasteiger partial charge in [-0.3, -0.25) is 9.59 Å². The Balaban J connectivity index is 1.58. The van der Waals surface area contributed by atoms with Crippen LogP contribution in [0.3, 0.4) is 0 Å². The first-order valence-corrected chi connectivity index (χ1v) is 10.2. The molecule has 0 spiro atoms. The summed E-state index contributed by atoms with van der Waals surface area (Å²) in [6, 6.07) is 8.13. The van der Waals surface area contributed by atoms with Gasteiger partial charge >= 0.3 is 5.97 Å². The number of esters is 1. The molecule has 1 aliphatic carbocycles. The zero-order valence-corrected chi connectivity index (χ0v) is 16.5. The van der Waals surface area contributed by atoms with E-state index < -0.39 is 5.41 Å². The number of amides is 1. The molecule has 6 nitrogen and oxygen atoms in total. The summed E-state index contributed by atoms with van der Waals surface area (Å²) in [4.78, 5) is 27.6. The molecule has 1 atom stereocenters. The quantitative estimate of drug-likeness (QED) is 0.691. The minimum absolute atomic E-state index is 0.171. The Morgan fingerprint density at radius 3 is 2.86 bits per heavy atom. The molecule has 154 valence electrons. The van der Waals surface area contributed by atoms with Crippen molar-refractivity contribution in [3.63, 3.8) is 0 Å². The second-order valence-corrected chi connectivity index (χ2v) is 7.99. The van der Waals surface area contributed by atoms with Gasteiger partial charge in [0.2, 0.25) is 0 Å². The number of likely N-dealkylation sites (tertiary alicyclic amines) is 1. The molecular weight excluding hydrogens is 375 g/mol. The maximum Gasteiger partial charge on any atom is 0.314 e. The van der Waals surface area contributed by atoms with Gasteiger partial charge in [0, 0.05) is 25.1 Å². The summed E-state index contributed by atoms with van der Waals surface area (Å²) < 4.78 is 25.0. The van der Waals surface area contributed by atoms with Gasteiger partial charge in [0.1, 0.15) is 11.6 Å². The number of aromatic nitrogens is 1. The first-order chi connectivity index (χ1) is 14.0. The molecule has 1 aromatic heterocycles. The van der Waals surface area contributed by atoms with Crippen LogP contribution in [0.5, 0.6) is 0 Å². The fraction of sp³-hybridized carbons (Fsp3) is 0.500. The lowest BCUT2D eigenvalue weighted by atomic mass is 9.75. The van der Waals surface area contributed by atoms with E-state index in [-0.39, 0.29) is 43.0 Å². The van der Waals surface area contributed by atoms with Gasteiger partial charge in [0.25, 0.3) is 5.91 Å². The number of benzene rings is 1. The van der Waals surface area contributed by atoms with Crippen molar-refractivity contribution in [2.45, 2.75) is 44.9 Å². The van der Waals surface area contributed by atoms with Crippen molar-refractivity contribution in [2.75, 3.05) is 19.7 Å². The summed E-state index contributed by atoms with van der Waals surface area (Å²) in [5.74, 6) is 0.103. The summed E-state index contributed by atoms with van der Waals surface area (Å²) in [5, 5.41) is 3.94. The molecule has 1 saturated carbocycles. The van der Waals surface area contributed by atoms with E-state index in [9.17, 15) is 14.0 Å². The lowest BCUT2D eigenvalue weighted by molar-refractivity contribution is -0.158. The summed E-state index contributed by atoms with van der Waals surface area (Å²) in [7, 11) is 0. The standard InChI is InChI=1S/C22H25FN2O4/c1-2-28-21(27)22(13-16-6-3-4-7-17(16)23)10-5-11-25(14-22)20(26)18-12-19(29-24-18)15-8-9-15/h3-4,6-7,12,15H,2,5,8-11,13-14H2,1H3/t22-/m1/s1. The summed E-state index contributed by atoms with van der Waals surface area (Å²) in [6.07, 6.45) is 3.47. The van der Waals surface area contributed by atoms with Crippen molar-refractivity contribution < 1.29 is 23.2 Å². The third kappa shape index (κ3) is 4.04. The third-order valence-corrected chi connectivity index (χ3v) is 5.79. The van der Waals surface area contributed by atoms with Gasteiger partial charge < -0.3 is 14.2 Å². The first-order valence-electron chi connectivity index (χ1n) is 10.2. The predicted molar refractivity (Wildman–Crippen MR) is 103 cm³/mol. The van der Waals surface area contributed by atoms with Gasteiger partial charge in [0.15, 0.2) is 5.69 Å². The number of nitrogens with zero attached hydrogens (tertiary/aromatic N) is 2. The molecule has 2 aliphatic rings. The van der Waals surface area contributed by atoms with Crippen LogP contribution in [0.25, 0.3) is 0 Å². The number of carbonyl (C=O) groups is 2. The lowest BCUT2D eigenvalue weighted by Gasteiger charge is -2.40. The van der Waals surface area contributed by atoms with Gasteiger partial charge in [-0.05, 0) is 50.7 Å². The Bertz CT molecular complexity index is 908. The fourth-order valence-electron chi connectivity index (χ4n) is 4.09. The second-order valence-electron chi connectivity index (χ2n) is 7.99. The van der Waals surface area contributed by atoms with Gasteiger partial charge in [-0.25, -0.2) is 4.39 Å². The third-order valence-electron chi connectivity index (χ3n) is 5.79. The first kappa shape index (κ1) is 19.6. The minimum Gasteiger partial charge on any atom is -0.466 e. The van der Waals surface area contributed by atoms with Crippen LogP contribution in [0.2, 0.25) is 0 Å². The molecule has 4 rings (SSSR count). The van der Waals surface area contributed by atoms with E-state index in [0.29, 0.717) is 30.9 Å². The topological polar surface area (TPSA) is 72.6 Å². The van der Waals surface area contributed by atoms with Crippen LogP contribution in [-0.2, 0) is 16.0 Å². The fourth-order valence-corrected chi connectivity index (χ4v) is 4.09. The van der Waals surface area contributed by atoms with Crippen LogP contribution in [0.15, 0.2) is 34.9 Å². The summed E-state index contributed by atoms with van der Waals surface area (Å²) >= 11 is 0. The molecule has 1 amide bonds. The lowest BCUT2D eigenvalue weighted by Crippen LogP contribution is -2.51. The molecule has 1 aliphatic heterocycles. The molecule has 2 fully saturated rings. The molecule has 0 N–H and O–H groups in total. The maximum atomic E-state index is 14.3.